The Morgan fingerprint density at radius 2 is 1.89 bits per heavy atom. The van der Waals surface area contributed by atoms with E-state index in [2.05, 4.69) is 10.3 Å². The SMILES string of the molecule is Cc1ccc(C)c(S(=O)(=O)[C@H](CNC(=O)c2ccncc2)c2ccco2)c1. The predicted molar refractivity (Wildman–Crippen MR) is 101 cm³/mol. The number of sulfone groups is 1. The molecule has 140 valence electrons. The van der Waals surface area contributed by atoms with E-state index in [4.69, 9.17) is 4.42 Å². The van der Waals surface area contributed by atoms with Crippen LogP contribution in [-0.4, -0.2) is 25.9 Å². The van der Waals surface area contributed by atoms with Crippen LogP contribution in [0.2, 0.25) is 0 Å². The Kier molecular flexibility index (Phi) is 5.41. The van der Waals surface area contributed by atoms with Crippen LogP contribution in [0.5, 0.6) is 0 Å². The van der Waals surface area contributed by atoms with Crippen LogP contribution < -0.4 is 5.32 Å². The Bertz CT molecular complexity index is 1030. The predicted octanol–water partition coefficient (Wildman–Crippen LogP) is 3.24. The van der Waals surface area contributed by atoms with E-state index in [0.717, 1.165) is 5.56 Å². The maximum absolute atomic E-state index is 13.3. The molecule has 0 aliphatic rings. The minimum atomic E-state index is -3.78. The van der Waals surface area contributed by atoms with E-state index in [1.165, 1.54) is 18.7 Å². The Morgan fingerprint density at radius 3 is 2.56 bits per heavy atom. The lowest BCUT2D eigenvalue weighted by Crippen LogP contribution is -2.32. The third-order valence-corrected chi connectivity index (χ3v) is 6.48. The van der Waals surface area contributed by atoms with E-state index in [0.29, 0.717) is 11.1 Å². The summed E-state index contributed by atoms with van der Waals surface area (Å²) in [6.07, 6.45) is 4.43. The number of hydrogen-bond donors (Lipinski definition) is 1. The molecule has 0 fully saturated rings. The minimum Gasteiger partial charge on any atom is -0.468 e. The van der Waals surface area contributed by atoms with E-state index in [9.17, 15) is 13.2 Å². The van der Waals surface area contributed by atoms with Crippen LogP contribution in [0.1, 0.15) is 32.5 Å². The van der Waals surface area contributed by atoms with Crippen molar-refractivity contribution < 1.29 is 17.6 Å². The van der Waals surface area contributed by atoms with Crippen molar-refractivity contribution in [2.75, 3.05) is 6.54 Å². The monoisotopic (exact) mass is 384 g/mol. The summed E-state index contributed by atoms with van der Waals surface area (Å²) in [6, 6.07) is 11.6. The van der Waals surface area contributed by atoms with E-state index in [1.54, 1.807) is 43.3 Å². The summed E-state index contributed by atoms with van der Waals surface area (Å²) in [5.74, 6) is -0.0870. The molecular formula is C20H20N2O4S. The molecule has 3 rings (SSSR count). The molecule has 2 aromatic heterocycles. The Labute approximate surface area is 158 Å². The molecule has 7 heteroatoms. The number of nitrogens with one attached hydrogen (secondary N) is 1. The Morgan fingerprint density at radius 1 is 1.15 bits per heavy atom. The molecule has 6 nitrogen and oxygen atoms in total. The highest BCUT2D eigenvalue weighted by Crippen LogP contribution is 2.31. The molecule has 1 aromatic carbocycles. The number of hydrogen-bond acceptors (Lipinski definition) is 5. The van der Waals surface area contributed by atoms with Crippen molar-refractivity contribution >= 4 is 15.7 Å². The van der Waals surface area contributed by atoms with Crippen molar-refractivity contribution in [2.45, 2.75) is 24.0 Å². The van der Waals surface area contributed by atoms with Gasteiger partial charge in [-0.15, -0.1) is 0 Å². The highest BCUT2D eigenvalue weighted by atomic mass is 32.2. The third-order valence-electron chi connectivity index (χ3n) is 4.28. The number of amides is 1. The summed E-state index contributed by atoms with van der Waals surface area (Å²) >= 11 is 0. The first kappa shape index (κ1) is 18.8. The van der Waals surface area contributed by atoms with Gasteiger partial charge in [-0.1, -0.05) is 12.1 Å². The van der Waals surface area contributed by atoms with Crippen LogP contribution in [0, 0.1) is 13.8 Å². The Balaban J connectivity index is 1.92. The summed E-state index contributed by atoms with van der Waals surface area (Å²) in [5.41, 5.74) is 1.91. The van der Waals surface area contributed by atoms with Gasteiger partial charge in [0.25, 0.3) is 5.91 Å². The van der Waals surface area contributed by atoms with Gasteiger partial charge in [-0.3, -0.25) is 9.78 Å². The number of carbonyl (C=O) groups excluding carboxylic acids is 1. The van der Waals surface area contributed by atoms with E-state index >= 15 is 0 Å². The van der Waals surface area contributed by atoms with Gasteiger partial charge >= 0.3 is 0 Å². The molecule has 27 heavy (non-hydrogen) atoms. The molecule has 0 aliphatic carbocycles. The maximum atomic E-state index is 13.3. The van der Waals surface area contributed by atoms with Gasteiger partial charge in [-0.25, -0.2) is 8.42 Å². The fourth-order valence-electron chi connectivity index (χ4n) is 2.80. The average molecular weight is 384 g/mol. The zero-order chi connectivity index (χ0) is 19.4. The molecular weight excluding hydrogens is 364 g/mol. The molecule has 0 radical (unpaired) electrons. The average Bonchev–Trinajstić information content (AvgIpc) is 3.18. The molecule has 1 amide bonds. The highest BCUT2D eigenvalue weighted by Gasteiger charge is 2.33. The minimum absolute atomic E-state index is 0.107. The molecule has 0 spiro atoms. The van der Waals surface area contributed by atoms with Crippen LogP contribution in [0.3, 0.4) is 0 Å². The van der Waals surface area contributed by atoms with E-state index in [-0.39, 0.29) is 23.1 Å². The van der Waals surface area contributed by atoms with Crippen LogP contribution in [0.15, 0.2) is 70.4 Å². The van der Waals surface area contributed by atoms with Crippen LogP contribution in [0.4, 0.5) is 0 Å². The molecule has 0 aliphatic heterocycles. The number of pyridine rings is 1. The van der Waals surface area contributed by atoms with Crippen molar-refractivity contribution in [3.8, 4) is 0 Å². The normalized spacial score (nSPS) is 12.5. The molecule has 1 N–H and O–H groups in total. The number of carbonyl (C=O) groups is 1. The molecule has 0 saturated heterocycles. The summed E-state index contributed by atoms with van der Waals surface area (Å²) in [7, 11) is -3.78. The molecule has 3 aromatic rings. The first-order chi connectivity index (χ1) is 12.9. The third kappa shape index (κ3) is 4.09. The second-order valence-corrected chi connectivity index (χ2v) is 8.36. The number of rotatable bonds is 6. The van der Waals surface area contributed by atoms with Crippen molar-refractivity contribution in [3.05, 3.63) is 83.6 Å². The summed E-state index contributed by atoms with van der Waals surface area (Å²) in [5, 5.41) is 1.66. The summed E-state index contributed by atoms with van der Waals surface area (Å²) < 4.78 is 32.0. The van der Waals surface area contributed by atoms with Crippen molar-refractivity contribution in [1.29, 1.82) is 0 Å². The van der Waals surface area contributed by atoms with Gasteiger partial charge < -0.3 is 9.73 Å². The number of benzene rings is 1. The van der Waals surface area contributed by atoms with Gasteiger partial charge in [0.2, 0.25) is 0 Å². The molecule has 0 unspecified atom stereocenters. The second-order valence-electron chi connectivity index (χ2n) is 6.26. The van der Waals surface area contributed by atoms with Gasteiger partial charge in [0, 0.05) is 24.5 Å². The van der Waals surface area contributed by atoms with Crippen molar-refractivity contribution in [3.63, 3.8) is 0 Å². The molecule has 0 bridgehead atoms. The van der Waals surface area contributed by atoms with Gasteiger partial charge in [0.1, 0.15) is 11.0 Å². The van der Waals surface area contributed by atoms with E-state index < -0.39 is 15.1 Å². The van der Waals surface area contributed by atoms with Crippen molar-refractivity contribution in [1.82, 2.24) is 10.3 Å². The topological polar surface area (TPSA) is 89.3 Å². The van der Waals surface area contributed by atoms with Crippen LogP contribution in [-0.2, 0) is 9.84 Å². The molecule has 1 atom stereocenters. The second kappa shape index (κ2) is 7.75. The quantitative estimate of drug-likeness (QED) is 0.705. The van der Waals surface area contributed by atoms with Crippen LogP contribution in [0.25, 0.3) is 0 Å². The highest BCUT2D eigenvalue weighted by molar-refractivity contribution is 7.91. The number of aryl methyl sites for hydroxylation is 2. The van der Waals surface area contributed by atoms with Crippen molar-refractivity contribution in [2.24, 2.45) is 0 Å². The summed E-state index contributed by atoms with van der Waals surface area (Å²) in [6.45, 7) is 3.48. The number of nitrogens with zero attached hydrogens (tertiary/aromatic N) is 1. The first-order valence-corrected chi connectivity index (χ1v) is 9.97. The van der Waals surface area contributed by atoms with E-state index in [1.807, 2.05) is 13.0 Å². The standard InChI is InChI=1S/C20H20N2O4S/c1-14-5-6-15(2)18(12-14)27(24,25)19(17-4-3-11-26-17)13-22-20(23)16-7-9-21-10-8-16/h3-12,19H,13H2,1-2H3,(H,22,23)/t19-/m1/s1. The largest absolute Gasteiger partial charge is 0.468 e. The van der Waals surface area contributed by atoms with Gasteiger partial charge in [-0.05, 0) is 55.3 Å². The van der Waals surface area contributed by atoms with Gasteiger partial charge in [0.05, 0.1) is 11.2 Å². The lowest BCUT2D eigenvalue weighted by molar-refractivity contribution is 0.0953. The number of furan rings is 1. The fraction of sp³-hybridized carbons (Fsp3) is 0.200. The lowest BCUT2D eigenvalue weighted by atomic mass is 10.2. The zero-order valence-electron chi connectivity index (χ0n) is 15.0. The zero-order valence-corrected chi connectivity index (χ0v) is 15.9. The fourth-order valence-corrected chi connectivity index (χ4v) is 4.71. The Hall–Kier alpha value is -2.93. The van der Waals surface area contributed by atoms with Gasteiger partial charge in [-0.2, -0.15) is 0 Å². The number of aromatic nitrogens is 1. The smallest absolute Gasteiger partial charge is 0.251 e. The lowest BCUT2D eigenvalue weighted by Gasteiger charge is -2.18. The van der Waals surface area contributed by atoms with Crippen LogP contribution >= 0.6 is 0 Å². The molecule has 2 heterocycles. The summed E-state index contributed by atoms with van der Waals surface area (Å²) in [4.78, 5) is 16.4. The van der Waals surface area contributed by atoms with Gasteiger partial charge in [0.15, 0.2) is 9.84 Å². The molecule has 0 saturated carbocycles. The maximum Gasteiger partial charge on any atom is 0.251 e. The first-order valence-electron chi connectivity index (χ1n) is 8.42.